The Morgan fingerprint density at radius 1 is 1.38 bits per heavy atom. The number of carbonyl (C=O) groups is 2. The lowest BCUT2D eigenvalue weighted by Crippen LogP contribution is -2.34. The molecule has 5 nitrogen and oxygen atoms in total. The summed E-state index contributed by atoms with van der Waals surface area (Å²) in [6.07, 6.45) is 3.65. The molecule has 0 spiro atoms. The first-order chi connectivity index (χ1) is 7.61. The molecule has 0 saturated heterocycles. The Labute approximate surface area is 96.1 Å². The third kappa shape index (κ3) is 5.70. The van der Waals surface area contributed by atoms with E-state index in [0.717, 1.165) is 19.3 Å². The first kappa shape index (κ1) is 13.0. The van der Waals surface area contributed by atoms with E-state index in [9.17, 15) is 9.59 Å². The van der Waals surface area contributed by atoms with E-state index in [-0.39, 0.29) is 17.9 Å². The summed E-state index contributed by atoms with van der Waals surface area (Å²) in [5, 5.41) is 5.56. The fraction of sp³-hybridized carbons (Fsp3) is 0.818. The molecule has 1 saturated carbocycles. The maximum atomic E-state index is 11.3. The topological polar surface area (TPSA) is 84.2 Å². The lowest BCUT2D eigenvalue weighted by molar-refractivity contribution is -0.122. The van der Waals surface area contributed by atoms with Crippen molar-refractivity contribution in [2.75, 3.05) is 6.54 Å². The van der Waals surface area contributed by atoms with E-state index in [2.05, 4.69) is 10.6 Å². The SMILES string of the molecule is CCC(N)CC(=O)NCCC(=O)NC1CC1. The predicted octanol–water partition coefficient (Wildman–Crippen LogP) is -0.101. The van der Waals surface area contributed by atoms with Gasteiger partial charge in [0.2, 0.25) is 11.8 Å². The summed E-state index contributed by atoms with van der Waals surface area (Å²) < 4.78 is 0. The van der Waals surface area contributed by atoms with E-state index >= 15 is 0 Å². The highest BCUT2D eigenvalue weighted by Gasteiger charge is 2.22. The Hall–Kier alpha value is -1.10. The fourth-order valence-electron chi connectivity index (χ4n) is 1.30. The second-order valence-corrected chi connectivity index (χ2v) is 4.31. The van der Waals surface area contributed by atoms with E-state index in [1.54, 1.807) is 0 Å². The number of amides is 2. The standard InChI is InChI=1S/C11H21N3O2/c1-2-8(12)7-11(16)13-6-5-10(15)14-9-3-4-9/h8-9H,2-7,12H2,1H3,(H,13,16)(H,14,15). The average molecular weight is 227 g/mol. The molecule has 0 bridgehead atoms. The minimum Gasteiger partial charge on any atom is -0.356 e. The number of carbonyl (C=O) groups excluding carboxylic acids is 2. The summed E-state index contributed by atoms with van der Waals surface area (Å²) in [4.78, 5) is 22.6. The first-order valence-corrected chi connectivity index (χ1v) is 5.93. The van der Waals surface area contributed by atoms with Gasteiger partial charge in [-0.05, 0) is 19.3 Å². The molecule has 0 aromatic heterocycles. The van der Waals surface area contributed by atoms with Gasteiger partial charge in [0, 0.05) is 31.5 Å². The molecule has 1 rings (SSSR count). The number of rotatable bonds is 7. The zero-order valence-electron chi connectivity index (χ0n) is 9.79. The van der Waals surface area contributed by atoms with Gasteiger partial charge in [0.25, 0.3) is 0 Å². The molecule has 92 valence electrons. The first-order valence-electron chi connectivity index (χ1n) is 5.93. The van der Waals surface area contributed by atoms with E-state index in [1.807, 2.05) is 6.92 Å². The molecule has 1 aliphatic carbocycles. The van der Waals surface area contributed by atoms with Crippen LogP contribution in [0.1, 0.15) is 39.0 Å². The van der Waals surface area contributed by atoms with Crippen LogP contribution in [0.15, 0.2) is 0 Å². The van der Waals surface area contributed by atoms with Gasteiger partial charge in [-0.1, -0.05) is 6.92 Å². The van der Waals surface area contributed by atoms with Crippen LogP contribution in [-0.2, 0) is 9.59 Å². The van der Waals surface area contributed by atoms with Crippen LogP contribution < -0.4 is 16.4 Å². The zero-order chi connectivity index (χ0) is 12.0. The molecule has 1 aliphatic rings. The van der Waals surface area contributed by atoms with Crippen LogP contribution in [0.2, 0.25) is 0 Å². The number of nitrogens with one attached hydrogen (secondary N) is 2. The van der Waals surface area contributed by atoms with Crippen LogP contribution in [0.25, 0.3) is 0 Å². The van der Waals surface area contributed by atoms with E-state index in [0.29, 0.717) is 25.4 Å². The maximum absolute atomic E-state index is 11.3. The van der Waals surface area contributed by atoms with Crippen molar-refractivity contribution in [2.45, 2.75) is 51.1 Å². The molecular weight excluding hydrogens is 206 g/mol. The van der Waals surface area contributed by atoms with Gasteiger partial charge in [0.1, 0.15) is 0 Å². The zero-order valence-corrected chi connectivity index (χ0v) is 9.79. The van der Waals surface area contributed by atoms with Crippen molar-refractivity contribution in [1.82, 2.24) is 10.6 Å². The lowest BCUT2D eigenvalue weighted by atomic mass is 10.1. The number of hydrogen-bond donors (Lipinski definition) is 3. The summed E-state index contributed by atoms with van der Waals surface area (Å²) in [6.45, 7) is 2.34. The Morgan fingerprint density at radius 3 is 2.62 bits per heavy atom. The average Bonchev–Trinajstić information content (AvgIpc) is 3.01. The lowest BCUT2D eigenvalue weighted by Gasteiger charge is -2.09. The van der Waals surface area contributed by atoms with Gasteiger partial charge in [-0.2, -0.15) is 0 Å². The van der Waals surface area contributed by atoms with Crippen molar-refractivity contribution in [1.29, 1.82) is 0 Å². The summed E-state index contributed by atoms with van der Waals surface area (Å²) >= 11 is 0. The second kappa shape index (κ2) is 6.48. The van der Waals surface area contributed by atoms with E-state index in [1.165, 1.54) is 0 Å². The minimum absolute atomic E-state index is 0.0163. The molecule has 0 heterocycles. The van der Waals surface area contributed by atoms with Crippen LogP contribution >= 0.6 is 0 Å². The maximum Gasteiger partial charge on any atom is 0.221 e. The summed E-state index contributed by atoms with van der Waals surface area (Å²) in [5.74, 6) is -0.0591. The molecule has 16 heavy (non-hydrogen) atoms. The highest BCUT2D eigenvalue weighted by atomic mass is 16.2. The van der Waals surface area contributed by atoms with Gasteiger partial charge in [-0.25, -0.2) is 0 Å². The second-order valence-electron chi connectivity index (χ2n) is 4.31. The third-order valence-corrected chi connectivity index (χ3v) is 2.59. The highest BCUT2D eigenvalue weighted by molar-refractivity contribution is 5.79. The number of nitrogens with two attached hydrogens (primary N) is 1. The monoisotopic (exact) mass is 227 g/mol. The third-order valence-electron chi connectivity index (χ3n) is 2.59. The fourth-order valence-corrected chi connectivity index (χ4v) is 1.30. The molecule has 0 aromatic rings. The molecule has 0 aromatic carbocycles. The molecule has 0 aliphatic heterocycles. The molecule has 4 N–H and O–H groups in total. The van der Waals surface area contributed by atoms with E-state index < -0.39 is 0 Å². The predicted molar refractivity (Wildman–Crippen MR) is 61.7 cm³/mol. The van der Waals surface area contributed by atoms with Gasteiger partial charge >= 0.3 is 0 Å². The van der Waals surface area contributed by atoms with Crippen LogP contribution in [0.5, 0.6) is 0 Å². The summed E-state index contributed by atoms with van der Waals surface area (Å²) in [6, 6.07) is 0.303. The van der Waals surface area contributed by atoms with Crippen molar-refractivity contribution in [3.63, 3.8) is 0 Å². The normalized spacial score (nSPS) is 16.6. The summed E-state index contributed by atoms with van der Waals surface area (Å²) in [5.41, 5.74) is 5.64. The van der Waals surface area contributed by atoms with Crippen LogP contribution in [0, 0.1) is 0 Å². The quantitative estimate of drug-likeness (QED) is 0.568. The van der Waals surface area contributed by atoms with Crippen LogP contribution in [0.4, 0.5) is 0 Å². The highest BCUT2D eigenvalue weighted by Crippen LogP contribution is 2.18. The largest absolute Gasteiger partial charge is 0.356 e. The van der Waals surface area contributed by atoms with Crippen molar-refractivity contribution < 1.29 is 9.59 Å². The van der Waals surface area contributed by atoms with Crippen LogP contribution in [-0.4, -0.2) is 30.4 Å². The Balaban J connectivity index is 2.00. The Bertz CT molecular complexity index is 252. The van der Waals surface area contributed by atoms with Gasteiger partial charge in [-0.3, -0.25) is 9.59 Å². The van der Waals surface area contributed by atoms with Gasteiger partial charge in [0.15, 0.2) is 0 Å². The van der Waals surface area contributed by atoms with Gasteiger partial charge < -0.3 is 16.4 Å². The Morgan fingerprint density at radius 2 is 2.06 bits per heavy atom. The molecule has 1 fully saturated rings. The molecule has 2 amide bonds. The van der Waals surface area contributed by atoms with Crippen molar-refractivity contribution in [2.24, 2.45) is 5.73 Å². The van der Waals surface area contributed by atoms with Crippen molar-refractivity contribution in [3.8, 4) is 0 Å². The van der Waals surface area contributed by atoms with Crippen molar-refractivity contribution in [3.05, 3.63) is 0 Å². The van der Waals surface area contributed by atoms with E-state index in [4.69, 9.17) is 5.73 Å². The Kier molecular flexibility index (Phi) is 5.25. The summed E-state index contributed by atoms with van der Waals surface area (Å²) in [7, 11) is 0. The molecule has 1 atom stereocenters. The number of hydrogen-bond acceptors (Lipinski definition) is 3. The molecule has 0 radical (unpaired) electrons. The molecular formula is C11H21N3O2. The smallest absolute Gasteiger partial charge is 0.221 e. The van der Waals surface area contributed by atoms with Crippen molar-refractivity contribution >= 4 is 11.8 Å². The van der Waals surface area contributed by atoms with Crippen LogP contribution in [0.3, 0.4) is 0 Å². The molecule has 5 heteroatoms. The van der Waals surface area contributed by atoms with Gasteiger partial charge in [0.05, 0.1) is 0 Å². The molecule has 1 unspecified atom stereocenters. The van der Waals surface area contributed by atoms with Gasteiger partial charge in [-0.15, -0.1) is 0 Å². The minimum atomic E-state index is -0.0831.